The summed E-state index contributed by atoms with van der Waals surface area (Å²) in [6, 6.07) is 17.5. The number of aromatic nitrogens is 3. The fourth-order valence-electron chi connectivity index (χ4n) is 3.23. The van der Waals surface area contributed by atoms with E-state index in [0.29, 0.717) is 34.0 Å². The molecule has 0 amide bonds. The zero-order chi connectivity index (χ0) is 21.2. The van der Waals surface area contributed by atoms with Crippen molar-refractivity contribution in [2.75, 3.05) is 11.1 Å². The van der Waals surface area contributed by atoms with Crippen molar-refractivity contribution in [1.82, 2.24) is 15.2 Å². The van der Waals surface area contributed by atoms with Crippen LogP contribution >= 0.6 is 11.8 Å². The SMILES string of the molecule is C=CCSc1nnc2c(n1)O[C@H](c1ccc(-c3ccc(F)cc3)o1)Nc1ccccc1-2. The van der Waals surface area contributed by atoms with Crippen molar-refractivity contribution in [3.63, 3.8) is 0 Å². The highest BCUT2D eigenvalue weighted by Gasteiger charge is 2.28. The zero-order valence-corrected chi connectivity index (χ0v) is 17.1. The van der Waals surface area contributed by atoms with Gasteiger partial charge in [0.25, 0.3) is 0 Å². The van der Waals surface area contributed by atoms with Crippen molar-refractivity contribution in [2.24, 2.45) is 0 Å². The number of hydrogen-bond acceptors (Lipinski definition) is 7. The van der Waals surface area contributed by atoms with Crippen LogP contribution in [0.2, 0.25) is 0 Å². The Morgan fingerprint density at radius 1 is 1.06 bits per heavy atom. The summed E-state index contributed by atoms with van der Waals surface area (Å²) in [4.78, 5) is 4.56. The van der Waals surface area contributed by atoms with Crippen molar-refractivity contribution in [1.29, 1.82) is 0 Å². The first-order valence-electron chi connectivity index (χ1n) is 9.58. The van der Waals surface area contributed by atoms with Crippen LogP contribution in [0.15, 0.2) is 82.9 Å². The van der Waals surface area contributed by atoms with E-state index < -0.39 is 6.23 Å². The number of fused-ring (bicyclic) bond motifs is 3. The lowest BCUT2D eigenvalue weighted by Gasteiger charge is -2.16. The molecule has 0 saturated heterocycles. The van der Waals surface area contributed by atoms with Crippen LogP contribution in [0.1, 0.15) is 12.0 Å². The lowest BCUT2D eigenvalue weighted by molar-refractivity contribution is 0.196. The van der Waals surface area contributed by atoms with Crippen molar-refractivity contribution in [2.45, 2.75) is 11.4 Å². The van der Waals surface area contributed by atoms with Crippen LogP contribution < -0.4 is 10.1 Å². The van der Waals surface area contributed by atoms with Crippen LogP contribution in [0.4, 0.5) is 10.1 Å². The quantitative estimate of drug-likeness (QED) is 0.319. The molecule has 1 atom stereocenters. The number of furan rings is 1. The Hall–Kier alpha value is -3.65. The van der Waals surface area contributed by atoms with E-state index in [0.717, 1.165) is 16.8 Å². The molecule has 0 saturated carbocycles. The van der Waals surface area contributed by atoms with Crippen LogP contribution in [0.25, 0.3) is 22.6 Å². The van der Waals surface area contributed by atoms with Gasteiger partial charge in [-0.2, -0.15) is 4.98 Å². The molecule has 1 N–H and O–H groups in total. The van der Waals surface area contributed by atoms with Crippen molar-refractivity contribution in [3.8, 4) is 28.5 Å². The Morgan fingerprint density at radius 2 is 1.90 bits per heavy atom. The molecule has 1 aliphatic heterocycles. The van der Waals surface area contributed by atoms with Gasteiger partial charge < -0.3 is 14.5 Å². The van der Waals surface area contributed by atoms with E-state index >= 15 is 0 Å². The van der Waals surface area contributed by atoms with E-state index in [-0.39, 0.29) is 5.82 Å². The third-order valence-electron chi connectivity index (χ3n) is 4.68. The molecular formula is C23H17FN4O2S. The average Bonchev–Trinajstić information content (AvgIpc) is 3.22. The van der Waals surface area contributed by atoms with Crippen molar-refractivity contribution < 1.29 is 13.5 Å². The number of ether oxygens (including phenoxy) is 1. The first-order chi connectivity index (χ1) is 15.2. The Bertz CT molecular complexity index is 1240. The second-order valence-corrected chi connectivity index (χ2v) is 7.73. The summed E-state index contributed by atoms with van der Waals surface area (Å²) in [7, 11) is 0. The number of hydrogen-bond donors (Lipinski definition) is 1. The van der Waals surface area contributed by atoms with Gasteiger partial charge in [0.15, 0.2) is 11.5 Å². The van der Waals surface area contributed by atoms with E-state index in [2.05, 4.69) is 27.1 Å². The molecule has 31 heavy (non-hydrogen) atoms. The monoisotopic (exact) mass is 432 g/mol. The van der Waals surface area contributed by atoms with Gasteiger partial charge in [0.2, 0.25) is 17.3 Å². The van der Waals surface area contributed by atoms with Crippen molar-refractivity contribution >= 4 is 17.4 Å². The number of anilines is 1. The number of nitrogens with one attached hydrogen (secondary N) is 1. The minimum atomic E-state index is -0.634. The van der Waals surface area contributed by atoms with Gasteiger partial charge in [-0.3, -0.25) is 0 Å². The maximum atomic E-state index is 13.2. The molecule has 0 radical (unpaired) electrons. The first kappa shape index (κ1) is 19.3. The van der Waals surface area contributed by atoms with Crippen molar-refractivity contribution in [3.05, 3.63) is 84.9 Å². The fourth-order valence-corrected chi connectivity index (χ4v) is 3.75. The van der Waals surface area contributed by atoms with Crippen LogP contribution in [0, 0.1) is 5.82 Å². The van der Waals surface area contributed by atoms with Gasteiger partial charge >= 0.3 is 0 Å². The summed E-state index contributed by atoms with van der Waals surface area (Å²) >= 11 is 1.42. The highest BCUT2D eigenvalue weighted by molar-refractivity contribution is 7.99. The molecule has 3 heterocycles. The number of thioether (sulfide) groups is 1. The molecule has 0 bridgehead atoms. The van der Waals surface area contributed by atoms with Gasteiger partial charge in [0.05, 0.1) is 0 Å². The largest absolute Gasteiger partial charge is 0.455 e. The summed E-state index contributed by atoms with van der Waals surface area (Å²) < 4.78 is 25.5. The molecular weight excluding hydrogens is 415 g/mol. The molecule has 4 aromatic rings. The highest BCUT2D eigenvalue weighted by atomic mass is 32.2. The molecule has 0 fully saturated rings. The maximum Gasteiger partial charge on any atom is 0.247 e. The van der Waals surface area contributed by atoms with E-state index in [1.807, 2.05) is 36.4 Å². The molecule has 1 aliphatic rings. The molecule has 0 aliphatic carbocycles. The number of para-hydroxylation sites is 1. The summed E-state index contributed by atoms with van der Waals surface area (Å²) in [6.07, 6.45) is 1.14. The lowest BCUT2D eigenvalue weighted by atomic mass is 10.1. The van der Waals surface area contributed by atoms with Crippen LogP contribution in [0.5, 0.6) is 5.88 Å². The second-order valence-electron chi connectivity index (χ2n) is 6.74. The third kappa shape index (κ3) is 3.89. The summed E-state index contributed by atoms with van der Waals surface area (Å²) in [6.45, 7) is 3.72. The van der Waals surface area contributed by atoms with E-state index in [1.165, 1.54) is 23.9 Å². The number of halogens is 1. The fraction of sp³-hybridized carbons (Fsp3) is 0.0870. The third-order valence-corrected chi connectivity index (χ3v) is 5.51. The molecule has 2 aromatic heterocycles. The van der Waals surface area contributed by atoms with Gasteiger partial charge in [-0.25, -0.2) is 4.39 Å². The minimum Gasteiger partial charge on any atom is -0.455 e. The highest BCUT2D eigenvalue weighted by Crippen LogP contribution is 2.40. The van der Waals surface area contributed by atoms with E-state index in [9.17, 15) is 4.39 Å². The molecule has 6 nitrogen and oxygen atoms in total. The molecule has 154 valence electrons. The van der Waals surface area contributed by atoms with Gasteiger partial charge in [0, 0.05) is 22.6 Å². The Morgan fingerprint density at radius 3 is 2.74 bits per heavy atom. The normalized spacial score (nSPS) is 14.5. The van der Waals surface area contributed by atoms with Gasteiger partial charge in [0.1, 0.15) is 11.6 Å². The lowest BCUT2D eigenvalue weighted by Crippen LogP contribution is -2.16. The number of benzene rings is 2. The van der Waals surface area contributed by atoms with Gasteiger partial charge in [-0.1, -0.05) is 36.0 Å². The smallest absolute Gasteiger partial charge is 0.247 e. The summed E-state index contributed by atoms with van der Waals surface area (Å²) in [5, 5.41) is 12.4. The first-order valence-corrected chi connectivity index (χ1v) is 10.6. The average molecular weight is 432 g/mol. The molecule has 0 unspecified atom stereocenters. The summed E-state index contributed by atoms with van der Waals surface area (Å²) in [5.41, 5.74) is 2.99. The maximum absolute atomic E-state index is 13.2. The Labute approximate surface area is 182 Å². The molecule has 0 spiro atoms. The predicted octanol–water partition coefficient (Wildman–Crippen LogP) is 5.72. The standard InChI is InChI=1S/C23H17FN4O2S/c1-2-13-31-23-26-22-20(27-28-23)16-5-3-4-6-17(16)25-21(30-22)19-12-11-18(29-19)14-7-9-15(24)10-8-14/h2-12,21,25H,1,13H2/t21-/m1/s1. The molecule has 8 heteroatoms. The summed E-state index contributed by atoms with van der Waals surface area (Å²) in [5.74, 6) is 1.90. The van der Waals surface area contributed by atoms with Gasteiger partial charge in [-0.15, -0.1) is 16.8 Å². The van der Waals surface area contributed by atoms with E-state index in [4.69, 9.17) is 9.15 Å². The Kier molecular flexibility index (Phi) is 5.13. The van der Waals surface area contributed by atoms with Crippen LogP contribution in [-0.4, -0.2) is 20.9 Å². The van der Waals surface area contributed by atoms with E-state index in [1.54, 1.807) is 18.2 Å². The van der Waals surface area contributed by atoms with Crippen LogP contribution in [0.3, 0.4) is 0 Å². The van der Waals surface area contributed by atoms with Gasteiger partial charge in [-0.05, 0) is 42.5 Å². The topological polar surface area (TPSA) is 73.1 Å². The number of nitrogens with zero attached hydrogens (tertiary/aromatic N) is 3. The minimum absolute atomic E-state index is 0.296. The second kappa shape index (κ2) is 8.23. The zero-order valence-electron chi connectivity index (χ0n) is 16.3. The molecule has 2 aromatic carbocycles. The Balaban J connectivity index is 1.53. The molecule has 5 rings (SSSR count). The predicted molar refractivity (Wildman–Crippen MR) is 117 cm³/mol. The number of rotatable bonds is 5. The van der Waals surface area contributed by atoms with Crippen LogP contribution in [-0.2, 0) is 0 Å².